The van der Waals surface area contributed by atoms with Crippen LogP contribution >= 0.6 is 0 Å². The van der Waals surface area contributed by atoms with Crippen molar-refractivity contribution >= 4 is 17.4 Å². The summed E-state index contributed by atoms with van der Waals surface area (Å²) in [7, 11) is 1.55. The molecule has 1 aliphatic rings. The van der Waals surface area contributed by atoms with E-state index in [1.54, 1.807) is 49.6 Å². The predicted molar refractivity (Wildman–Crippen MR) is 122 cm³/mol. The summed E-state index contributed by atoms with van der Waals surface area (Å²) in [5.41, 5.74) is 1.08. The summed E-state index contributed by atoms with van der Waals surface area (Å²) in [6.07, 6.45) is 2.31. The fourth-order valence-corrected chi connectivity index (χ4v) is 3.91. The van der Waals surface area contributed by atoms with E-state index in [0.29, 0.717) is 29.4 Å². The van der Waals surface area contributed by atoms with Crippen LogP contribution in [0.3, 0.4) is 0 Å². The fraction of sp³-hybridized carbons (Fsp3) is 0.231. The maximum Gasteiger partial charge on any atom is 0.296 e. The molecule has 1 aromatic heterocycles. The molecule has 33 heavy (non-hydrogen) atoms. The lowest BCUT2D eigenvalue weighted by atomic mass is 9.99. The van der Waals surface area contributed by atoms with Gasteiger partial charge in [-0.15, -0.1) is 0 Å². The number of carbonyl (C=O) groups is 2. The van der Waals surface area contributed by atoms with Crippen LogP contribution in [0, 0.1) is 0 Å². The molecule has 170 valence electrons. The van der Waals surface area contributed by atoms with E-state index in [0.717, 1.165) is 12.0 Å². The Bertz CT molecular complexity index is 1180. The lowest BCUT2D eigenvalue weighted by Gasteiger charge is -2.24. The molecular weight excluding hydrogens is 422 g/mol. The van der Waals surface area contributed by atoms with Gasteiger partial charge >= 0.3 is 0 Å². The molecular formula is C26H25NO6. The molecule has 1 N–H and O–H groups in total. The van der Waals surface area contributed by atoms with Crippen LogP contribution in [-0.2, 0) is 16.1 Å². The number of amides is 1. The zero-order valence-corrected chi connectivity index (χ0v) is 18.5. The molecule has 1 saturated heterocycles. The van der Waals surface area contributed by atoms with Crippen molar-refractivity contribution in [2.75, 3.05) is 13.7 Å². The van der Waals surface area contributed by atoms with E-state index in [1.165, 1.54) is 11.2 Å². The van der Waals surface area contributed by atoms with Crippen molar-refractivity contribution < 1.29 is 28.6 Å². The van der Waals surface area contributed by atoms with Gasteiger partial charge < -0.3 is 23.9 Å². The van der Waals surface area contributed by atoms with Crippen molar-refractivity contribution in [3.05, 3.63) is 89.4 Å². The van der Waals surface area contributed by atoms with Gasteiger partial charge in [0, 0.05) is 11.1 Å². The number of ketones is 1. The Hall–Kier alpha value is -4.00. The van der Waals surface area contributed by atoms with Gasteiger partial charge in [-0.05, 0) is 36.8 Å². The lowest BCUT2D eigenvalue weighted by molar-refractivity contribution is -0.140. The summed E-state index contributed by atoms with van der Waals surface area (Å²) < 4.78 is 16.6. The topological polar surface area (TPSA) is 89.2 Å². The summed E-state index contributed by atoms with van der Waals surface area (Å²) in [6, 6.07) is 16.6. The minimum Gasteiger partial charge on any atom is -0.507 e. The first kappa shape index (κ1) is 22.2. The highest BCUT2D eigenvalue weighted by Crippen LogP contribution is 2.41. The average molecular weight is 447 g/mol. The number of aliphatic hydroxyl groups excluding tert-OH is 1. The highest BCUT2D eigenvalue weighted by atomic mass is 16.5. The van der Waals surface area contributed by atoms with Crippen molar-refractivity contribution in [3.63, 3.8) is 0 Å². The molecule has 1 amide bonds. The van der Waals surface area contributed by atoms with Gasteiger partial charge in [0.25, 0.3) is 11.7 Å². The minimum absolute atomic E-state index is 0.0301. The minimum atomic E-state index is -0.884. The molecule has 7 nitrogen and oxygen atoms in total. The van der Waals surface area contributed by atoms with Crippen LogP contribution in [0.5, 0.6) is 11.5 Å². The third-order valence-corrected chi connectivity index (χ3v) is 5.47. The van der Waals surface area contributed by atoms with E-state index in [-0.39, 0.29) is 17.9 Å². The second kappa shape index (κ2) is 9.65. The zero-order chi connectivity index (χ0) is 23.4. The maximum absolute atomic E-state index is 13.1. The number of Topliss-reactive ketones (excluding diaryl/α,β-unsaturated/α-hetero) is 1. The van der Waals surface area contributed by atoms with Crippen LogP contribution < -0.4 is 9.47 Å². The van der Waals surface area contributed by atoms with Crippen molar-refractivity contribution in [1.29, 1.82) is 0 Å². The first-order chi connectivity index (χ1) is 16.0. The molecule has 1 unspecified atom stereocenters. The van der Waals surface area contributed by atoms with Gasteiger partial charge in [0.15, 0.2) is 0 Å². The van der Waals surface area contributed by atoms with E-state index < -0.39 is 17.7 Å². The first-order valence-corrected chi connectivity index (χ1v) is 10.7. The van der Waals surface area contributed by atoms with E-state index in [4.69, 9.17) is 13.9 Å². The van der Waals surface area contributed by atoms with E-state index in [1.807, 2.05) is 25.1 Å². The fourth-order valence-electron chi connectivity index (χ4n) is 3.91. The molecule has 0 spiro atoms. The van der Waals surface area contributed by atoms with Crippen LogP contribution in [-0.4, -0.2) is 35.4 Å². The number of rotatable bonds is 8. The molecule has 7 heteroatoms. The Morgan fingerprint density at radius 3 is 2.64 bits per heavy atom. The number of aliphatic hydroxyl groups is 1. The van der Waals surface area contributed by atoms with Crippen LogP contribution in [0.4, 0.5) is 0 Å². The molecule has 3 aromatic rings. The molecule has 4 rings (SSSR count). The first-order valence-electron chi connectivity index (χ1n) is 10.7. The predicted octanol–water partition coefficient (Wildman–Crippen LogP) is 4.70. The Labute approximate surface area is 191 Å². The summed E-state index contributed by atoms with van der Waals surface area (Å²) >= 11 is 0. The van der Waals surface area contributed by atoms with Gasteiger partial charge in [-0.25, -0.2) is 0 Å². The maximum atomic E-state index is 13.1. The molecule has 1 aliphatic heterocycles. The van der Waals surface area contributed by atoms with E-state index in [2.05, 4.69) is 0 Å². The van der Waals surface area contributed by atoms with Gasteiger partial charge in [-0.3, -0.25) is 9.59 Å². The van der Waals surface area contributed by atoms with Crippen molar-refractivity contribution in [1.82, 2.24) is 4.90 Å². The normalized spacial score (nSPS) is 17.4. The van der Waals surface area contributed by atoms with Crippen LogP contribution in [0.2, 0.25) is 0 Å². The highest BCUT2D eigenvalue weighted by Gasteiger charge is 2.47. The SMILES string of the molecule is CCCOc1cccc(/C(O)=C2/C(=O)C(=O)N(Cc3ccccc3OC)C2c2ccco2)c1. The molecule has 2 aromatic carbocycles. The number of ether oxygens (including phenoxy) is 2. The third kappa shape index (κ3) is 4.35. The number of hydrogen-bond donors (Lipinski definition) is 1. The Kier molecular flexibility index (Phi) is 6.49. The Morgan fingerprint density at radius 2 is 1.91 bits per heavy atom. The molecule has 1 atom stereocenters. The van der Waals surface area contributed by atoms with E-state index >= 15 is 0 Å². The van der Waals surface area contributed by atoms with Gasteiger partial charge in [0.1, 0.15) is 29.1 Å². The molecule has 2 heterocycles. The summed E-state index contributed by atoms with van der Waals surface area (Å²) in [4.78, 5) is 27.6. The largest absolute Gasteiger partial charge is 0.507 e. The number of methoxy groups -OCH3 is 1. The van der Waals surface area contributed by atoms with Crippen LogP contribution in [0.25, 0.3) is 5.76 Å². The van der Waals surface area contributed by atoms with Gasteiger partial charge in [0.2, 0.25) is 0 Å². The number of hydrogen-bond acceptors (Lipinski definition) is 6. The number of para-hydroxylation sites is 1. The lowest BCUT2D eigenvalue weighted by Crippen LogP contribution is -2.29. The standard InChI is InChI=1S/C26H25NO6/c1-3-13-32-19-10-6-9-17(15-19)24(28)22-23(21-12-7-14-33-21)27(26(30)25(22)29)16-18-8-4-5-11-20(18)31-2/h4-12,14-15,23,28H,3,13,16H2,1-2H3/b24-22-. The number of furan rings is 1. The van der Waals surface area contributed by atoms with Crippen molar-refractivity contribution in [3.8, 4) is 11.5 Å². The third-order valence-electron chi connectivity index (χ3n) is 5.47. The van der Waals surface area contributed by atoms with Gasteiger partial charge in [0.05, 0.1) is 32.1 Å². The van der Waals surface area contributed by atoms with Crippen LogP contribution in [0.1, 0.15) is 36.3 Å². The van der Waals surface area contributed by atoms with E-state index in [9.17, 15) is 14.7 Å². The van der Waals surface area contributed by atoms with Crippen molar-refractivity contribution in [2.24, 2.45) is 0 Å². The molecule has 0 radical (unpaired) electrons. The van der Waals surface area contributed by atoms with Gasteiger partial charge in [-0.1, -0.05) is 37.3 Å². The average Bonchev–Trinajstić information content (AvgIpc) is 3.45. The molecule has 1 fully saturated rings. The smallest absolute Gasteiger partial charge is 0.296 e. The molecule has 0 aliphatic carbocycles. The number of nitrogens with zero attached hydrogens (tertiary/aromatic N) is 1. The monoisotopic (exact) mass is 447 g/mol. The van der Waals surface area contributed by atoms with Crippen molar-refractivity contribution in [2.45, 2.75) is 25.9 Å². The second-order valence-corrected chi connectivity index (χ2v) is 7.63. The highest BCUT2D eigenvalue weighted by molar-refractivity contribution is 6.46. The number of carbonyl (C=O) groups excluding carboxylic acids is 2. The summed E-state index contributed by atoms with van der Waals surface area (Å²) in [5, 5.41) is 11.2. The Morgan fingerprint density at radius 1 is 1.09 bits per heavy atom. The zero-order valence-electron chi connectivity index (χ0n) is 18.5. The number of benzene rings is 2. The summed E-state index contributed by atoms with van der Waals surface area (Å²) in [5.74, 6) is -0.230. The van der Waals surface area contributed by atoms with Crippen LogP contribution in [0.15, 0.2) is 76.9 Å². The summed E-state index contributed by atoms with van der Waals surface area (Å²) in [6.45, 7) is 2.63. The molecule has 0 saturated carbocycles. The number of likely N-dealkylation sites (tertiary alicyclic amines) is 1. The Balaban J connectivity index is 1.79. The second-order valence-electron chi connectivity index (χ2n) is 7.63. The van der Waals surface area contributed by atoms with Gasteiger partial charge in [-0.2, -0.15) is 0 Å². The quantitative estimate of drug-likeness (QED) is 0.306. The molecule has 0 bridgehead atoms.